The van der Waals surface area contributed by atoms with Crippen molar-refractivity contribution in [1.29, 1.82) is 0 Å². The van der Waals surface area contributed by atoms with Gasteiger partial charge in [-0.1, -0.05) is 25.3 Å². The second-order valence-corrected chi connectivity index (χ2v) is 8.51. The molecule has 2 rings (SSSR count). The lowest BCUT2D eigenvalue weighted by Crippen LogP contribution is -2.08. The number of rotatable bonds is 3. The third-order valence-electron chi connectivity index (χ3n) is 3.48. The Balaban J connectivity index is 2.49. The zero-order chi connectivity index (χ0) is 14.0. The number of benzene rings is 1. The molecule has 0 aliphatic heterocycles. The largest absolute Gasteiger partial charge is 0.342 e. The Morgan fingerprint density at radius 3 is 2.26 bits per heavy atom. The van der Waals surface area contributed by atoms with Crippen LogP contribution in [0.3, 0.4) is 0 Å². The van der Waals surface area contributed by atoms with E-state index in [0.29, 0.717) is 0 Å². The minimum atomic E-state index is -4.50. The molecule has 1 saturated carbocycles. The third-order valence-corrected chi connectivity index (χ3v) is 6.63. The van der Waals surface area contributed by atoms with Crippen LogP contribution in [-0.2, 0) is 16.3 Å². The van der Waals surface area contributed by atoms with E-state index in [1.807, 2.05) is 0 Å². The Morgan fingerprint density at radius 2 is 1.74 bits per heavy atom. The van der Waals surface area contributed by atoms with Crippen molar-refractivity contribution >= 4 is 29.9 Å². The predicted octanol–water partition coefficient (Wildman–Crippen LogP) is 3.35. The molecule has 0 unspecified atom stereocenters. The van der Waals surface area contributed by atoms with Gasteiger partial charge in [0.25, 0.3) is 10.1 Å². The van der Waals surface area contributed by atoms with Gasteiger partial charge in [0, 0.05) is 0 Å². The van der Waals surface area contributed by atoms with E-state index in [1.165, 1.54) is 18.6 Å². The van der Waals surface area contributed by atoms with Crippen LogP contribution in [0, 0.1) is 3.57 Å². The van der Waals surface area contributed by atoms with Crippen LogP contribution in [-0.4, -0.2) is 13.0 Å². The van der Waals surface area contributed by atoms with E-state index in [1.54, 1.807) is 6.07 Å². The molecule has 106 valence electrons. The number of hydrogen-bond donors (Lipinski definition) is 1. The lowest BCUT2D eigenvalue weighted by Gasteiger charge is -2.22. The molecule has 7 heteroatoms. The van der Waals surface area contributed by atoms with Crippen molar-refractivity contribution in [1.82, 2.24) is 0 Å². The van der Waals surface area contributed by atoms with Crippen LogP contribution in [0.5, 0.6) is 0 Å². The molecule has 1 N–H and O–H groups in total. The molecule has 0 heterocycles. The van der Waals surface area contributed by atoms with E-state index >= 15 is 0 Å². The molecule has 0 amide bonds. The van der Waals surface area contributed by atoms with Crippen LogP contribution in [0.15, 0.2) is 23.1 Å². The van der Waals surface area contributed by atoms with Crippen LogP contribution < -0.4 is 0 Å². The van der Waals surface area contributed by atoms with Crippen molar-refractivity contribution in [2.75, 3.05) is 0 Å². The summed E-state index contributed by atoms with van der Waals surface area (Å²) >= 11 is -3.94. The SMILES string of the molecule is O=I(=O)c1ccc(C2CCCCC2)cc1S(=O)(=O)O. The molecule has 0 saturated heterocycles. The van der Waals surface area contributed by atoms with E-state index in [0.717, 1.165) is 31.2 Å². The first-order valence-electron chi connectivity index (χ1n) is 6.06. The van der Waals surface area contributed by atoms with Crippen molar-refractivity contribution < 1.29 is 19.1 Å². The van der Waals surface area contributed by atoms with Gasteiger partial charge in [-0.25, -0.2) is 6.14 Å². The fourth-order valence-electron chi connectivity index (χ4n) is 2.53. The van der Waals surface area contributed by atoms with E-state index in [2.05, 4.69) is 0 Å². The zero-order valence-corrected chi connectivity index (χ0v) is 13.2. The summed E-state index contributed by atoms with van der Waals surface area (Å²) in [5.74, 6) is 0.254. The normalized spacial score (nSPS) is 17.8. The molecule has 19 heavy (non-hydrogen) atoms. The lowest BCUT2D eigenvalue weighted by atomic mass is 9.84. The van der Waals surface area contributed by atoms with Crippen LogP contribution in [0.25, 0.3) is 0 Å². The van der Waals surface area contributed by atoms with Crippen molar-refractivity contribution in [3.05, 3.63) is 27.3 Å². The molecule has 0 spiro atoms. The molecule has 1 fully saturated rings. The fraction of sp³-hybridized carbons (Fsp3) is 0.500. The van der Waals surface area contributed by atoms with Crippen molar-refractivity contribution in [2.45, 2.75) is 42.9 Å². The summed E-state index contributed by atoms with van der Waals surface area (Å²) in [7, 11) is -4.50. The third kappa shape index (κ3) is 3.51. The van der Waals surface area contributed by atoms with Crippen LogP contribution in [0.1, 0.15) is 43.6 Å². The molecule has 0 atom stereocenters. The minimum absolute atomic E-state index is 0.254. The molecule has 1 aliphatic carbocycles. The maximum Gasteiger partial charge on any atom is 0.342 e. The molecule has 0 radical (unpaired) electrons. The van der Waals surface area contributed by atoms with Gasteiger partial charge in [-0.15, -0.1) is 0 Å². The highest BCUT2D eigenvalue weighted by Crippen LogP contribution is 2.35. The molecule has 1 aliphatic rings. The second-order valence-electron chi connectivity index (χ2n) is 4.72. The van der Waals surface area contributed by atoms with Crippen molar-refractivity contribution in [3.63, 3.8) is 0 Å². The van der Waals surface area contributed by atoms with Gasteiger partial charge in [0.2, 0.25) is 0 Å². The molecular weight excluding hydrogens is 383 g/mol. The summed E-state index contributed by atoms with van der Waals surface area (Å²) in [5.41, 5.74) is 0.800. The Hall–Kier alpha value is -0.540. The summed E-state index contributed by atoms with van der Waals surface area (Å²) < 4.78 is 53.7. The fourth-order valence-corrected chi connectivity index (χ4v) is 5.45. The Kier molecular flexibility index (Phi) is 4.57. The first-order valence-corrected chi connectivity index (χ1v) is 10.3. The average Bonchev–Trinajstić information content (AvgIpc) is 2.38. The van der Waals surface area contributed by atoms with E-state index in [9.17, 15) is 14.6 Å². The van der Waals surface area contributed by atoms with E-state index in [4.69, 9.17) is 4.55 Å². The molecule has 5 nitrogen and oxygen atoms in total. The Bertz CT molecular complexity index is 634. The topological polar surface area (TPSA) is 88.5 Å². The highest BCUT2D eigenvalue weighted by molar-refractivity contribution is 14.2. The van der Waals surface area contributed by atoms with Gasteiger partial charge in [-0.05, 0) is 36.5 Å². The second kappa shape index (κ2) is 5.84. The Morgan fingerprint density at radius 1 is 1.11 bits per heavy atom. The highest BCUT2D eigenvalue weighted by atomic mass is 127. The number of halogens is 1. The average molecular weight is 398 g/mol. The first-order chi connectivity index (χ1) is 8.89. The summed E-state index contributed by atoms with van der Waals surface area (Å²) in [4.78, 5) is -0.467. The standard InChI is InChI=1S/C12H15IO5S/c14-13(15)11-7-6-10(8-12(11)19(16,17)18)9-4-2-1-3-5-9/h6-9H,1-5H2,(H,16,17,18). The van der Waals surface area contributed by atoms with Crippen LogP contribution in [0.2, 0.25) is 0 Å². The quantitative estimate of drug-likeness (QED) is 0.623. The van der Waals surface area contributed by atoms with Crippen LogP contribution in [0.4, 0.5) is 0 Å². The molecule has 0 aromatic heterocycles. The summed E-state index contributed by atoms with van der Waals surface area (Å²) in [6.45, 7) is 0. The van der Waals surface area contributed by atoms with Gasteiger partial charge in [0.05, 0.1) is 3.57 Å². The van der Waals surface area contributed by atoms with Crippen LogP contribution >= 0.6 is 19.8 Å². The summed E-state index contributed by atoms with van der Waals surface area (Å²) in [6, 6.07) is 4.29. The van der Waals surface area contributed by atoms with Crippen molar-refractivity contribution in [3.8, 4) is 0 Å². The summed E-state index contributed by atoms with van der Waals surface area (Å²) in [5, 5.41) is 0. The summed E-state index contributed by atoms with van der Waals surface area (Å²) in [6.07, 6.45) is 5.31. The number of hydrogen-bond acceptors (Lipinski definition) is 4. The predicted molar refractivity (Wildman–Crippen MR) is 76.2 cm³/mol. The molecule has 0 bridgehead atoms. The maximum absolute atomic E-state index is 11.3. The molecule has 1 aromatic rings. The van der Waals surface area contributed by atoms with Gasteiger partial charge in [-0.2, -0.15) is 8.42 Å². The van der Waals surface area contributed by atoms with Gasteiger partial charge in [0.1, 0.15) is 4.90 Å². The highest BCUT2D eigenvalue weighted by Gasteiger charge is 2.22. The Labute approximate surface area is 119 Å². The van der Waals surface area contributed by atoms with E-state index in [-0.39, 0.29) is 9.49 Å². The van der Waals surface area contributed by atoms with E-state index < -0.39 is 34.8 Å². The van der Waals surface area contributed by atoms with Gasteiger partial charge in [-0.3, -0.25) is 4.55 Å². The maximum atomic E-state index is 11.3. The molecular formula is C12H15IO5S. The minimum Gasteiger partial charge on any atom is -0.282 e. The smallest absolute Gasteiger partial charge is 0.282 e. The molecule has 1 aromatic carbocycles. The lowest BCUT2D eigenvalue weighted by molar-refractivity contribution is 0.442. The van der Waals surface area contributed by atoms with Gasteiger partial charge >= 0.3 is 19.8 Å². The zero-order valence-electron chi connectivity index (χ0n) is 10.2. The van der Waals surface area contributed by atoms with Gasteiger partial charge in [0.15, 0.2) is 0 Å². The first kappa shape index (κ1) is 14.9. The van der Waals surface area contributed by atoms with Crippen molar-refractivity contribution in [2.24, 2.45) is 0 Å². The monoisotopic (exact) mass is 398 g/mol. The van der Waals surface area contributed by atoms with Gasteiger partial charge < -0.3 is 0 Å².